The third kappa shape index (κ3) is 3.40. The minimum atomic E-state index is -3.04. The molecule has 1 amide bonds. The van der Waals surface area contributed by atoms with Crippen LogP contribution in [-0.2, 0) is 14.6 Å². The van der Waals surface area contributed by atoms with Gasteiger partial charge in [0.25, 0.3) is 5.91 Å². The van der Waals surface area contributed by atoms with Crippen LogP contribution in [0.5, 0.6) is 0 Å². The lowest BCUT2D eigenvalue weighted by Gasteiger charge is -2.23. The minimum Gasteiger partial charge on any atom is -0.385 e. The molecule has 3 rings (SSSR count). The van der Waals surface area contributed by atoms with E-state index in [0.29, 0.717) is 22.5 Å². The summed E-state index contributed by atoms with van der Waals surface area (Å²) in [6.45, 7) is -0.266. The summed E-state index contributed by atoms with van der Waals surface area (Å²) in [4.78, 5) is 20.1. The summed E-state index contributed by atoms with van der Waals surface area (Å²) in [7, 11) is -1.47. The zero-order chi connectivity index (χ0) is 16.6. The fraction of sp³-hybridized carbons (Fsp3) is 0.462. The number of amides is 1. The fourth-order valence-electron chi connectivity index (χ4n) is 2.47. The number of sulfone groups is 1. The first-order valence-electron chi connectivity index (χ1n) is 6.96. The molecular formula is C13H15ClN4O4S. The van der Waals surface area contributed by atoms with Gasteiger partial charge in [-0.2, -0.15) is 0 Å². The average Bonchev–Trinajstić information content (AvgIpc) is 3.06. The lowest BCUT2D eigenvalue weighted by molar-refractivity contribution is -0.137. The second kappa shape index (κ2) is 5.97. The van der Waals surface area contributed by atoms with E-state index in [-0.39, 0.29) is 30.1 Å². The van der Waals surface area contributed by atoms with Crippen LogP contribution in [-0.4, -0.2) is 65.6 Å². The molecule has 10 heteroatoms. The highest BCUT2D eigenvalue weighted by atomic mass is 35.5. The van der Waals surface area contributed by atoms with Crippen LogP contribution in [0.2, 0.25) is 5.02 Å². The number of aromatic nitrogens is 3. The van der Waals surface area contributed by atoms with E-state index in [1.54, 1.807) is 25.2 Å². The number of nitrogens with zero attached hydrogens (tertiary/aromatic N) is 4. The van der Waals surface area contributed by atoms with E-state index >= 15 is 0 Å². The Labute approximate surface area is 137 Å². The predicted octanol–water partition coefficient (Wildman–Crippen LogP) is 0.159. The van der Waals surface area contributed by atoms with Gasteiger partial charge in [-0.05, 0) is 29.8 Å². The maximum atomic E-state index is 12.2. The molecule has 0 N–H and O–H groups in total. The number of benzene rings is 1. The first-order chi connectivity index (χ1) is 10.9. The number of carbonyl (C=O) groups excluding carboxylic acids is 1. The van der Waals surface area contributed by atoms with Gasteiger partial charge in [0.05, 0.1) is 11.5 Å². The van der Waals surface area contributed by atoms with Crippen molar-refractivity contribution in [3.63, 3.8) is 0 Å². The van der Waals surface area contributed by atoms with Gasteiger partial charge in [0.15, 0.2) is 16.4 Å². The van der Waals surface area contributed by atoms with Crippen molar-refractivity contribution in [3.8, 4) is 0 Å². The number of likely N-dealkylation sites (N-methyl/N-ethyl adjacent to an activating group) is 1. The molecule has 124 valence electrons. The Morgan fingerprint density at radius 1 is 1.52 bits per heavy atom. The zero-order valence-electron chi connectivity index (χ0n) is 12.3. The molecule has 0 spiro atoms. The molecule has 1 aliphatic rings. The number of hydrogen-bond donors (Lipinski definition) is 0. The van der Waals surface area contributed by atoms with Gasteiger partial charge < -0.3 is 9.74 Å². The van der Waals surface area contributed by atoms with Gasteiger partial charge in [0.2, 0.25) is 0 Å². The molecule has 0 radical (unpaired) electrons. The van der Waals surface area contributed by atoms with Crippen molar-refractivity contribution >= 4 is 38.4 Å². The maximum absolute atomic E-state index is 12.2. The van der Waals surface area contributed by atoms with Crippen molar-refractivity contribution in [2.75, 3.05) is 25.2 Å². The second-order valence-corrected chi connectivity index (χ2v) is 8.10. The topological polar surface area (TPSA) is 94.4 Å². The molecule has 0 aliphatic carbocycles. The molecule has 2 heterocycles. The van der Waals surface area contributed by atoms with Crippen LogP contribution in [0.1, 0.15) is 6.42 Å². The van der Waals surface area contributed by atoms with Crippen LogP contribution in [0.25, 0.3) is 11.0 Å². The largest absolute Gasteiger partial charge is 0.385 e. The summed E-state index contributed by atoms with van der Waals surface area (Å²) in [5, 5.41) is 8.22. The number of hydrogen-bond acceptors (Lipinski definition) is 6. The standard InChI is InChI=1S/C13H15ClN4O4S/c1-17(10-4-5-23(20,21)8-10)13(19)7-22-18-12-6-9(14)2-3-11(12)15-16-18/h2-3,6,10H,4-5,7-8H2,1H3/t10-/m0/s1. The Balaban J connectivity index is 1.65. The Kier molecular flexibility index (Phi) is 4.15. The number of carbonyl (C=O) groups is 1. The molecule has 1 fully saturated rings. The Morgan fingerprint density at radius 2 is 2.30 bits per heavy atom. The van der Waals surface area contributed by atoms with Crippen LogP contribution < -0.4 is 4.84 Å². The van der Waals surface area contributed by atoms with E-state index in [9.17, 15) is 13.2 Å². The van der Waals surface area contributed by atoms with Gasteiger partial charge in [-0.15, -0.1) is 5.10 Å². The first-order valence-corrected chi connectivity index (χ1v) is 9.16. The molecule has 23 heavy (non-hydrogen) atoms. The average molecular weight is 359 g/mol. The lowest BCUT2D eigenvalue weighted by Crippen LogP contribution is -2.41. The van der Waals surface area contributed by atoms with Crippen molar-refractivity contribution in [1.82, 2.24) is 20.1 Å². The van der Waals surface area contributed by atoms with Gasteiger partial charge in [-0.3, -0.25) is 4.79 Å². The summed E-state index contributed by atoms with van der Waals surface area (Å²) in [5.41, 5.74) is 1.15. The van der Waals surface area contributed by atoms with Crippen LogP contribution in [0.4, 0.5) is 0 Å². The van der Waals surface area contributed by atoms with Crippen molar-refractivity contribution < 1.29 is 18.0 Å². The molecule has 1 aromatic carbocycles. The third-order valence-corrected chi connectivity index (χ3v) is 5.82. The van der Waals surface area contributed by atoms with Crippen LogP contribution >= 0.6 is 11.6 Å². The van der Waals surface area contributed by atoms with E-state index in [1.807, 2.05) is 0 Å². The van der Waals surface area contributed by atoms with Gasteiger partial charge in [-0.25, -0.2) is 8.42 Å². The highest BCUT2D eigenvalue weighted by molar-refractivity contribution is 7.91. The normalized spacial score (nSPS) is 19.8. The highest BCUT2D eigenvalue weighted by Gasteiger charge is 2.32. The smallest absolute Gasteiger partial charge is 0.263 e. The van der Waals surface area contributed by atoms with Crippen LogP contribution in [0.15, 0.2) is 18.2 Å². The van der Waals surface area contributed by atoms with Gasteiger partial charge in [0, 0.05) is 18.1 Å². The number of halogens is 1. The van der Waals surface area contributed by atoms with E-state index in [1.165, 1.54) is 4.90 Å². The maximum Gasteiger partial charge on any atom is 0.263 e. The van der Waals surface area contributed by atoms with Crippen LogP contribution in [0.3, 0.4) is 0 Å². The van der Waals surface area contributed by atoms with Gasteiger partial charge in [-0.1, -0.05) is 16.4 Å². The number of rotatable bonds is 4. The van der Waals surface area contributed by atoms with E-state index < -0.39 is 9.84 Å². The predicted molar refractivity (Wildman–Crippen MR) is 83.8 cm³/mol. The first kappa shape index (κ1) is 16.0. The Bertz CT molecular complexity index is 851. The summed E-state index contributed by atoms with van der Waals surface area (Å²) in [6, 6.07) is 4.71. The second-order valence-electron chi connectivity index (χ2n) is 5.43. The Morgan fingerprint density at radius 3 is 3.00 bits per heavy atom. The molecule has 1 aliphatic heterocycles. The zero-order valence-corrected chi connectivity index (χ0v) is 13.9. The monoisotopic (exact) mass is 358 g/mol. The summed E-state index contributed by atoms with van der Waals surface area (Å²) in [5.74, 6) is -0.211. The molecule has 1 saturated heterocycles. The molecular weight excluding hydrogens is 344 g/mol. The highest BCUT2D eigenvalue weighted by Crippen LogP contribution is 2.17. The van der Waals surface area contributed by atoms with Crippen LogP contribution in [0, 0.1) is 0 Å². The van der Waals surface area contributed by atoms with Crippen molar-refractivity contribution in [1.29, 1.82) is 0 Å². The lowest BCUT2D eigenvalue weighted by atomic mass is 10.2. The molecule has 1 aromatic heterocycles. The van der Waals surface area contributed by atoms with E-state index in [2.05, 4.69) is 10.3 Å². The van der Waals surface area contributed by atoms with E-state index in [0.717, 1.165) is 4.85 Å². The van der Waals surface area contributed by atoms with Gasteiger partial charge in [0.1, 0.15) is 11.0 Å². The SMILES string of the molecule is CN(C(=O)COn1nnc2ccc(Cl)cc21)[C@H]1CCS(=O)(=O)C1. The summed E-state index contributed by atoms with van der Waals surface area (Å²) in [6.07, 6.45) is 0.451. The summed E-state index contributed by atoms with van der Waals surface area (Å²) >= 11 is 5.92. The summed E-state index contributed by atoms with van der Waals surface area (Å²) < 4.78 is 23.0. The molecule has 1 atom stereocenters. The minimum absolute atomic E-state index is 0.00287. The molecule has 2 aromatic rings. The van der Waals surface area contributed by atoms with Crippen molar-refractivity contribution in [2.45, 2.75) is 12.5 Å². The number of fused-ring (bicyclic) bond motifs is 1. The van der Waals surface area contributed by atoms with E-state index in [4.69, 9.17) is 16.4 Å². The van der Waals surface area contributed by atoms with Gasteiger partial charge >= 0.3 is 0 Å². The van der Waals surface area contributed by atoms with Crippen molar-refractivity contribution in [3.05, 3.63) is 23.2 Å². The molecule has 8 nitrogen and oxygen atoms in total. The third-order valence-electron chi connectivity index (χ3n) is 3.84. The fourth-order valence-corrected chi connectivity index (χ4v) is 4.41. The molecule has 0 unspecified atom stereocenters. The molecule has 0 saturated carbocycles. The molecule has 0 bridgehead atoms. The quantitative estimate of drug-likeness (QED) is 0.772. The Hall–Kier alpha value is -1.87. The van der Waals surface area contributed by atoms with Crippen molar-refractivity contribution in [2.24, 2.45) is 0 Å².